The van der Waals surface area contributed by atoms with Crippen molar-refractivity contribution < 1.29 is 19.7 Å². The van der Waals surface area contributed by atoms with E-state index in [0.29, 0.717) is 75.3 Å². The molecule has 0 fully saturated rings. The Morgan fingerprint density at radius 1 is 0.394 bits per heavy atom. The van der Waals surface area contributed by atoms with Crippen LogP contribution in [0.3, 0.4) is 0 Å². The molecule has 14 heteroatoms. The van der Waals surface area contributed by atoms with Crippen LogP contribution in [-0.4, -0.2) is 23.4 Å². The molecule has 9 rings (SSSR count). The van der Waals surface area contributed by atoms with Gasteiger partial charge in [-0.25, -0.2) is 0 Å². The van der Waals surface area contributed by atoms with Gasteiger partial charge in [0.05, 0.1) is 36.0 Å². The fourth-order valence-electron chi connectivity index (χ4n) is 8.10. The molecule has 9 aromatic rings. The number of anilines is 2. The van der Waals surface area contributed by atoms with Crippen molar-refractivity contribution in [3.05, 3.63) is 167 Å². The third-order valence-electron chi connectivity index (χ3n) is 11.4. The van der Waals surface area contributed by atoms with Crippen LogP contribution in [0.1, 0.15) is 41.7 Å². The number of azo groups is 4. The molecule has 0 atom stereocenters. The van der Waals surface area contributed by atoms with Gasteiger partial charge in [-0.2, -0.15) is 10.2 Å². The summed E-state index contributed by atoms with van der Waals surface area (Å²) in [5, 5.41) is 62.1. The normalized spacial score (nSPS) is 11.7. The molecule has 0 aromatic heterocycles. The number of benzene rings is 9. The summed E-state index contributed by atoms with van der Waals surface area (Å²) in [6.07, 6.45) is 0. The Balaban J connectivity index is 0.000000190. The molecule has 0 heterocycles. The van der Waals surface area contributed by atoms with Crippen molar-refractivity contribution in [1.29, 1.82) is 0 Å². The third kappa shape index (κ3) is 11.3. The van der Waals surface area contributed by atoms with Gasteiger partial charge >= 0.3 is 0 Å². The number of fused-ring (bicyclic) bond motifs is 3. The highest BCUT2D eigenvalue weighted by atomic mass is 16.5. The van der Waals surface area contributed by atoms with E-state index in [1.54, 1.807) is 30.3 Å². The van der Waals surface area contributed by atoms with Gasteiger partial charge in [-0.1, -0.05) is 54.6 Å². The molecule has 71 heavy (non-hydrogen) atoms. The maximum Gasteiger partial charge on any atom is 0.151 e. The van der Waals surface area contributed by atoms with E-state index in [4.69, 9.17) is 20.9 Å². The zero-order valence-corrected chi connectivity index (χ0v) is 40.6. The van der Waals surface area contributed by atoms with Gasteiger partial charge in [0.1, 0.15) is 34.2 Å². The Bertz CT molecular complexity index is 3570. The molecule has 6 N–H and O–H groups in total. The number of ether oxygens (including phenoxy) is 2. The van der Waals surface area contributed by atoms with Gasteiger partial charge in [-0.05, 0) is 160 Å². The first-order valence-electron chi connectivity index (χ1n) is 23.1. The summed E-state index contributed by atoms with van der Waals surface area (Å²) in [4.78, 5) is 0. The highest BCUT2D eigenvalue weighted by molar-refractivity contribution is 6.00. The summed E-state index contributed by atoms with van der Waals surface area (Å²) in [6.45, 7) is 14.5. The molecule has 0 saturated heterocycles. The van der Waals surface area contributed by atoms with E-state index in [1.165, 1.54) is 0 Å². The highest BCUT2D eigenvalue weighted by Crippen LogP contribution is 2.45. The summed E-state index contributed by atoms with van der Waals surface area (Å²) in [6, 6.07) is 43.7. The number of hydrogen-bond donors (Lipinski definition) is 4. The SMILES string of the molecule is CCOc1cc(N=Nc2c(C)cc3ccc(N)cc3c2O)c(OCC)cc1N=Nc1cccc(C)c1.Cc1cc(C)cc(N=Nc2ccc(N=Nc3c(C)cc4ccc(N)cc4c3O)c3ccccc23)c1. The van der Waals surface area contributed by atoms with Crippen LogP contribution >= 0.6 is 0 Å². The molecule has 0 unspecified atom stereocenters. The number of rotatable bonds is 12. The number of phenols is 2. The van der Waals surface area contributed by atoms with Crippen LogP contribution in [0.15, 0.2) is 180 Å². The average molecular weight is 943 g/mol. The smallest absolute Gasteiger partial charge is 0.151 e. The van der Waals surface area contributed by atoms with E-state index >= 15 is 0 Å². The minimum atomic E-state index is 0.0209. The van der Waals surface area contributed by atoms with Crippen LogP contribution in [0.5, 0.6) is 23.0 Å². The average Bonchev–Trinajstić information content (AvgIpc) is 3.34. The van der Waals surface area contributed by atoms with Crippen molar-refractivity contribution in [1.82, 2.24) is 0 Å². The van der Waals surface area contributed by atoms with Crippen molar-refractivity contribution in [2.45, 2.75) is 48.5 Å². The molecule has 0 radical (unpaired) electrons. The Morgan fingerprint density at radius 2 is 0.845 bits per heavy atom. The van der Waals surface area contributed by atoms with Gasteiger partial charge in [-0.15, -0.1) is 30.7 Å². The molecule has 0 bridgehead atoms. The van der Waals surface area contributed by atoms with Gasteiger partial charge in [-0.3, -0.25) is 0 Å². The number of nitrogens with two attached hydrogens (primary N) is 2. The van der Waals surface area contributed by atoms with E-state index in [0.717, 1.165) is 66.4 Å². The van der Waals surface area contributed by atoms with Crippen molar-refractivity contribution in [2.24, 2.45) is 40.9 Å². The fraction of sp³-hybridized carbons (Fsp3) is 0.158. The van der Waals surface area contributed by atoms with E-state index in [9.17, 15) is 10.2 Å². The zero-order chi connectivity index (χ0) is 50.2. The molecule has 0 amide bonds. The zero-order valence-electron chi connectivity index (χ0n) is 40.6. The van der Waals surface area contributed by atoms with Crippen LogP contribution in [0.2, 0.25) is 0 Å². The molecule has 0 aliphatic heterocycles. The first-order valence-corrected chi connectivity index (χ1v) is 23.1. The van der Waals surface area contributed by atoms with Crippen LogP contribution in [0, 0.1) is 34.6 Å². The van der Waals surface area contributed by atoms with Crippen LogP contribution in [-0.2, 0) is 0 Å². The number of aryl methyl sites for hydroxylation is 5. The van der Waals surface area contributed by atoms with Gasteiger partial charge < -0.3 is 31.2 Å². The summed E-state index contributed by atoms with van der Waals surface area (Å²) in [5.41, 5.74) is 22.7. The highest BCUT2D eigenvalue weighted by Gasteiger charge is 2.16. The lowest BCUT2D eigenvalue weighted by molar-refractivity contribution is 0.332. The standard InChI is InChI=1S/C29H25N5O.C28H29N5O3/c1-17-12-18(2)14-22(13-17)31-32-26-10-11-27(24-7-5-4-6-23(24)26)33-34-28-19(3)15-20-8-9-21(30)16-25(20)29(28)35;1-5-35-25-16-24(26(36-6-2)15-23(25)31-30-21-9-7-8-17(3)12-21)32-33-27-18(4)13-19-10-11-20(29)14-22(19)28(27)34/h4-16,35H,30H2,1-3H3;7-16,34H,5-6,29H2,1-4H3. The first kappa shape index (κ1) is 48.4. The summed E-state index contributed by atoms with van der Waals surface area (Å²) >= 11 is 0. The number of aromatic hydroxyl groups is 2. The number of nitrogens with zero attached hydrogens (tertiary/aromatic N) is 8. The van der Waals surface area contributed by atoms with Crippen molar-refractivity contribution in [3.8, 4) is 23.0 Å². The van der Waals surface area contributed by atoms with Crippen molar-refractivity contribution >= 4 is 89.2 Å². The minimum absolute atomic E-state index is 0.0209. The molecule has 0 saturated carbocycles. The lowest BCUT2D eigenvalue weighted by Crippen LogP contribution is -1.95. The molecule has 9 aromatic carbocycles. The second-order valence-corrected chi connectivity index (χ2v) is 17.0. The Morgan fingerprint density at radius 3 is 1.34 bits per heavy atom. The molecular formula is C57H54N10O4. The largest absolute Gasteiger partial charge is 0.505 e. The molecule has 0 spiro atoms. The van der Waals surface area contributed by atoms with Gasteiger partial charge in [0.25, 0.3) is 0 Å². The fourth-order valence-corrected chi connectivity index (χ4v) is 8.10. The van der Waals surface area contributed by atoms with Crippen LogP contribution < -0.4 is 20.9 Å². The quantitative estimate of drug-likeness (QED) is 0.0691. The van der Waals surface area contributed by atoms with Gasteiger partial charge in [0.2, 0.25) is 0 Å². The molecular weight excluding hydrogens is 889 g/mol. The predicted octanol–water partition coefficient (Wildman–Crippen LogP) is 17.4. The van der Waals surface area contributed by atoms with E-state index in [1.807, 2.05) is 152 Å². The second-order valence-electron chi connectivity index (χ2n) is 17.0. The van der Waals surface area contributed by atoms with E-state index in [2.05, 4.69) is 47.0 Å². The maximum atomic E-state index is 10.9. The van der Waals surface area contributed by atoms with Crippen molar-refractivity contribution in [3.63, 3.8) is 0 Å². The maximum absolute atomic E-state index is 10.9. The van der Waals surface area contributed by atoms with Gasteiger partial charge in [0, 0.05) is 45.1 Å². The first-order chi connectivity index (χ1) is 34.3. The topological polar surface area (TPSA) is 210 Å². The molecule has 14 nitrogen and oxygen atoms in total. The summed E-state index contributed by atoms with van der Waals surface area (Å²) in [7, 11) is 0. The third-order valence-corrected chi connectivity index (χ3v) is 11.4. The van der Waals surface area contributed by atoms with Crippen molar-refractivity contribution in [2.75, 3.05) is 24.7 Å². The molecule has 356 valence electrons. The monoisotopic (exact) mass is 942 g/mol. The Labute approximate surface area is 411 Å². The van der Waals surface area contributed by atoms with Gasteiger partial charge in [0.15, 0.2) is 11.5 Å². The number of nitrogen functional groups attached to an aromatic ring is 2. The Hall–Kier alpha value is -9.04. The summed E-state index contributed by atoms with van der Waals surface area (Å²) < 4.78 is 11.6. The van der Waals surface area contributed by atoms with E-state index < -0.39 is 0 Å². The summed E-state index contributed by atoms with van der Waals surface area (Å²) in [5.74, 6) is 1.07. The predicted molar refractivity (Wildman–Crippen MR) is 286 cm³/mol. The van der Waals surface area contributed by atoms with Crippen LogP contribution in [0.25, 0.3) is 32.3 Å². The number of phenolic OH excluding ortho intramolecular Hbond substituents is 2. The number of hydrogen-bond acceptors (Lipinski definition) is 14. The molecule has 0 aliphatic carbocycles. The lowest BCUT2D eigenvalue weighted by atomic mass is 10.0. The van der Waals surface area contributed by atoms with Crippen LogP contribution in [0.4, 0.5) is 56.9 Å². The molecule has 0 aliphatic rings. The van der Waals surface area contributed by atoms with E-state index in [-0.39, 0.29) is 11.5 Å². The Kier molecular flexibility index (Phi) is 14.7. The minimum Gasteiger partial charge on any atom is -0.505 e. The second kappa shape index (κ2) is 21.5. The lowest BCUT2D eigenvalue weighted by Gasteiger charge is -2.12.